The summed E-state index contributed by atoms with van der Waals surface area (Å²) < 4.78 is 5.07. The minimum atomic E-state index is 0.0139. The second-order valence-corrected chi connectivity index (χ2v) is 5.06. The number of benzene rings is 1. The molecule has 1 rings (SSSR count). The van der Waals surface area contributed by atoms with Crippen molar-refractivity contribution in [2.75, 3.05) is 34.3 Å². The molecule has 0 fully saturated rings. The van der Waals surface area contributed by atoms with Gasteiger partial charge in [-0.25, -0.2) is 0 Å². The zero-order valence-corrected chi connectivity index (χ0v) is 12.5. The summed E-state index contributed by atoms with van der Waals surface area (Å²) in [6, 6.07) is 5.39. The lowest BCUT2D eigenvalue weighted by Gasteiger charge is -2.10. The molecule has 0 radical (unpaired) electrons. The van der Waals surface area contributed by atoms with Crippen LogP contribution < -0.4 is 10.1 Å². The molecule has 1 N–H and O–H groups in total. The van der Waals surface area contributed by atoms with Gasteiger partial charge in [-0.05, 0) is 44.8 Å². The van der Waals surface area contributed by atoms with Crippen LogP contribution in [0.4, 0.5) is 0 Å². The number of carbonyl (C=O) groups is 1. The molecule has 106 valence electrons. The van der Waals surface area contributed by atoms with E-state index in [4.69, 9.17) is 16.3 Å². The molecule has 0 saturated heterocycles. The lowest BCUT2D eigenvalue weighted by atomic mass is 10.1. The molecule has 1 amide bonds. The van der Waals surface area contributed by atoms with Gasteiger partial charge in [-0.1, -0.05) is 17.7 Å². The number of carbonyl (C=O) groups excluding carboxylic acids is 1. The summed E-state index contributed by atoms with van der Waals surface area (Å²) in [4.78, 5) is 13.8. The monoisotopic (exact) mass is 284 g/mol. The summed E-state index contributed by atoms with van der Waals surface area (Å²) in [5.74, 6) is 0.636. The molecule has 1 aromatic carbocycles. The van der Waals surface area contributed by atoms with E-state index in [1.165, 1.54) is 0 Å². The second-order valence-electron chi connectivity index (χ2n) is 4.65. The Labute approximate surface area is 119 Å². The van der Waals surface area contributed by atoms with E-state index in [1.54, 1.807) is 19.2 Å². The van der Waals surface area contributed by atoms with Crippen molar-refractivity contribution in [1.82, 2.24) is 10.2 Å². The molecule has 5 heteroatoms. The SMILES string of the molecule is COc1ccc(CC(=O)NCCCN(C)C)cc1Cl. The third-order valence-corrected chi connectivity index (χ3v) is 2.98. The van der Waals surface area contributed by atoms with E-state index in [9.17, 15) is 4.79 Å². The number of ether oxygens (including phenoxy) is 1. The van der Waals surface area contributed by atoms with Crippen LogP contribution in [0.5, 0.6) is 5.75 Å². The number of hydrogen-bond donors (Lipinski definition) is 1. The van der Waals surface area contributed by atoms with Gasteiger partial charge in [0.05, 0.1) is 18.6 Å². The maximum atomic E-state index is 11.7. The van der Waals surface area contributed by atoms with Crippen LogP contribution in [-0.4, -0.2) is 45.1 Å². The van der Waals surface area contributed by atoms with Gasteiger partial charge in [0.15, 0.2) is 0 Å². The smallest absolute Gasteiger partial charge is 0.224 e. The Morgan fingerprint density at radius 2 is 2.16 bits per heavy atom. The van der Waals surface area contributed by atoms with Gasteiger partial charge in [-0.2, -0.15) is 0 Å². The highest BCUT2D eigenvalue weighted by atomic mass is 35.5. The van der Waals surface area contributed by atoms with Crippen molar-refractivity contribution in [1.29, 1.82) is 0 Å². The van der Waals surface area contributed by atoms with E-state index in [-0.39, 0.29) is 5.91 Å². The Morgan fingerprint density at radius 1 is 1.42 bits per heavy atom. The molecule has 0 heterocycles. The standard InChI is InChI=1S/C14H21ClN2O2/c1-17(2)8-4-7-16-14(18)10-11-5-6-13(19-3)12(15)9-11/h5-6,9H,4,7-8,10H2,1-3H3,(H,16,18). The van der Waals surface area contributed by atoms with Crippen LogP contribution in [0.15, 0.2) is 18.2 Å². The van der Waals surface area contributed by atoms with E-state index < -0.39 is 0 Å². The van der Waals surface area contributed by atoms with Crippen LogP contribution in [0.25, 0.3) is 0 Å². The predicted octanol–water partition coefficient (Wildman–Crippen LogP) is 1.96. The Bertz CT molecular complexity index is 422. The van der Waals surface area contributed by atoms with Gasteiger partial charge in [0.2, 0.25) is 5.91 Å². The number of halogens is 1. The lowest BCUT2D eigenvalue weighted by molar-refractivity contribution is -0.120. The number of hydrogen-bond acceptors (Lipinski definition) is 3. The minimum Gasteiger partial charge on any atom is -0.495 e. The van der Waals surface area contributed by atoms with Gasteiger partial charge < -0.3 is 15.0 Å². The quantitative estimate of drug-likeness (QED) is 0.778. The van der Waals surface area contributed by atoms with Crippen LogP contribution in [0.2, 0.25) is 5.02 Å². The molecule has 0 atom stereocenters. The van der Waals surface area contributed by atoms with Crippen molar-refractivity contribution in [3.63, 3.8) is 0 Å². The van der Waals surface area contributed by atoms with E-state index in [2.05, 4.69) is 10.2 Å². The fourth-order valence-electron chi connectivity index (χ4n) is 1.69. The molecule has 0 spiro atoms. The van der Waals surface area contributed by atoms with Crippen molar-refractivity contribution in [2.24, 2.45) is 0 Å². The van der Waals surface area contributed by atoms with Crippen LogP contribution >= 0.6 is 11.6 Å². The van der Waals surface area contributed by atoms with Crippen molar-refractivity contribution in [3.8, 4) is 5.75 Å². The maximum Gasteiger partial charge on any atom is 0.224 e. The average Bonchev–Trinajstić information content (AvgIpc) is 2.35. The number of nitrogens with zero attached hydrogens (tertiary/aromatic N) is 1. The van der Waals surface area contributed by atoms with Crippen LogP contribution in [0.3, 0.4) is 0 Å². The maximum absolute atomic E-state index is 11.7. The van der Waals surface area contributed by atoms with Crippen molar-refractivity contribution >= 4 is 17.5 Å². The molecule has 0 saturated carbocycles. The molecule has 1 aromatic rings. The fourth-order valence-corrected chi connectivity index (χ4v) is 1.97. The summed E-state index contributed by atoms with van der Waals surface area (Å²) in [5, 5.41) is 3.42. The van der Waals surface area contributed by atoms with Gasteiger partial charge in [0.25, 0.3) is 0 Å². The highest BCUT2D eigenvalue weighted by Gasteiger charge is 2.06. The summed E-state index contributed by atoms with van der Waals surface area (Å²) >= 11 is 6.01. The van der Waals surface area contributed by atoms with Crippen molar-refractivity contribution in [3.05, 3.63) is 28.8 Å². The average molecular weight is 285 g/mol. The topological polar surface area (TPSA) is 41.6 Å². The molecule has 0 aromatic heterocycles. The molecule has 0 aliphatic heterocycles. The first kappa shape index (κ1) is 15.8. The van der Waals surface area contributed by atoms with Crippen molar-refractivity contribution in [2.45, 2.75) is 12.8 Å². The highest BCUT2D eigenvalue weighted by molar-refractivity contribution is 6.32. The molecule has 0 aliphatic carbocycles. The van der Waals surface area contributed by atoms with Crippen molar-refractivity contribution < 1.29 is 9.53 Å². The molecular formula is C14H21ClN2O2. The Hall–Kier alpha value is -1.26. The second kappa shape index (κ2) is 8.02. The molecule has 0 bridgehead atoms. The third kappa shape index (κ3) is 5.94. The third-order valence-electron chi connectivity index (χ3n) is 2.69. The van der Waals surface area contributed by atoms with Gasteiger partial charge in [0.1, 0.15) is 5.75 Å². The molecule has 4 nitrogen and oxygen atoms in total. The zero-order chi connectivity index (χ0) is 14.3. The lowest BCUT2D eigenvalue weighted by Crippen LogP contribution is -2.28. The molecule has 19 heavy (non-hydrogen) atoms. The first-order chi connectivity index (χ1) is 9.02. The molecular weight excluding hydrogens is 264 g/mol. The van der Waals surface area contributed by atoms with Gasteiger partial charge in [-0.3, -0.25) is 4.79 Å². The predicted molar refractivity (Wildman–Crippen MR) is 77.9 cm³/mol. The van der Waals surface area contributed by atoms with Gasteiger partial charge in [0, 0.05) is 6.54 Å². The largest absolute Gasteiger partial charge is 0.495 e. The molecule has 0 aliphatic rings. The van der Waals surface area contributed by atoms with Crippen LogP contribution in [0, 0.1) is 0 Å². The zero-order valence-electron chi connectivity index (χ0n) is 11.7. The summed E-state index contributed by atoms with van der Waals surface area (Å²) in [6.07, 6.45) is 1.29. The summed E-state index contributed by atoms with van der Waals surface area (Å²) in [7, 11) is 5.60. The summed E-state index contributed by atoms with van der Waals surface area (Å²) in [5.41, 5.74) is 0.885. The number of amides is 1. The van der Waals surface area contributed by atoms with Crippen LogP contribution in [-0.2, 0) is 11.2 Å². The van der Waals surface area contributed by atoms with E-state index >= 15 is 0 Å². The van der Waals surface area contributed by atoms with Gasteiger partial charge in [-0.15, -0.1) is 0 Å². The minimum absolute atomic E-state index is 0.0139. The first-order valence-electron chi connectivity index (χ1n) is 6.26. The van der Waals surface area contributed by atoms with E-state index in [0.717, 1.165) is 18.5 Å². The van der Waals surface area contributed by atoms with E-state index in [1.807, 2.05) is 20.2 Å². The normalized spacial score (nSPS) is 10.6. The van der Waals surface area contributed by atoms with E-state index in [0.29, 0.717) is 23.7 Å². The number of nitrogens with one attached hydrogen (secondary N) is 1. The Balaban J connectivity index is 2.38. The first-order valence-corrected chi connectivity index (χ1v) is 6.64. The Morgan fingerprint density at radius 3 is 2.74 bits per heavy atom. The molecule has 0 unspecified atom stereocenters. The fraction of sp³-hybridized carbons (Fsp3) is 0.500. The highest BCUT2D eigenvalue weighted by Crippen LogP contribution is 2.24. The van der Waals surface area contributed by atoms with Crippen LogP contribution in [0.1, 0.15) is 12.0 Å². The number of rotatable bonds is 7. The number of methoxy groups -OCH3 is 1. The summed E-state index contributed by atoms with van der Waals surface area (Å²) in [6.45, 7) is 1.66. The Kier molecular flexibility index (Phi) is 6.67. The van der Waals surface area contributed by atoms with Gasteiger partial charge >= 0.3 is 0 Å².